The molecule has 90 valence electrons. The van der Waals surface area contributed by atoms with Gasteiger partial charge in [-0.2, -0.15) is 0 Å². The van der Waals surface area contributed by atoms with Crippen molar-refractivity contribution in [3.63, 3.8) is 0 Å². The van der Waals surface area contributed by atoms with Crippen LogP contribution in [0.3, 0.4) is 0 Å². The van der Waals surface area contributed by atoms with E-state index in [9.17, 15) is 0 Å². The molecule has 0 aromatic rings. The van der Waals surface area contributed by atoms with Gasteiger partial charge in [0, 0.05) is 12.6 Å². The van der Waals surface area contributed by atoms with Crippen LogP contribution in [-0.2, 0) is 4.74 Å². The molecule has 1 aliphatic heterocycles. The lowest BCUT2D eigenvalue weighted by atomic mass is 9.84. The zero-order valence-corrected chi connectivity index (χ0v) is 11.1. The summed E-state index contributed by atoms with van der Waals surface area (Å²) in [5, 5.41) is 0. The molecule has 0 amide bonds. The summed E-state index contributed by atoms with van der Waals surface area (Å²) in [7, 11) is 1.82. The normalized spacial score (nSPS) is 23.0. The summed E-state index contributed by atoms with van der Waals surface area (Å²) in [5.74, 6) is 0. The predicted octanol–water partition coefficient (Wildman–Crippen LogP) is 3.07. The molecule has 0 spiro atoms. The van der Waals surface area contributed by atoms with E-state index in [-0.39, 0.29) is 5.60 Å². The smallest absolute Gasteiger partial charge is 0.0640 e. The van der Waals surface area contributed by atoms with Crippen LogP contribution in [0, 0.1) is 0 Å². The summed E-state index contributed by atoms with van der Waals surface area (Å²) >= 11 is 0. The Hall–Kier alpha value is -0.0800. The number of ether oxygens (including phenoxy) is 1. The first-order valence-electron chi connectivity index (χ1n) is 6.24. The van der Waals surface area contributed by atoms with Crippen LogP contribution in [0.4, 0.5) is 0 Å². The Morgan fingerprint density at radius 3 is 2.07 bits per heavy atom. The Balaban J connectivity index is 2.66. The zero-order chi connectivity index (χ0) is 11.5. The minimum absolute atomic E-state index is 0.00660. The highest BCUT2D eigenvalue weighted by Gasteiger charge is 2.37. The maximum absolute atomic E-state index is 5.57. The Morgan fingerprint density at radius 1 is 1.13 bits per heavy atom. The van der Waals surface area contributed by atoms with Crippen molar-refractivity contribution in [2.75, 3.05) is 20.2 Å². The lowest BCUT2D eigenvalue weighted by Crippen LogP contribution is -2.49. The number of methoxy groups -OCH3 is 1. The Morgan fingerprint density at radius 2 is 1.67 bits per heavy atom. The van der Waals surface area contributed by atoms with Crippen LogP contribution in [0.2, 0.25) is 0 Å². The number of hydrogen-bond acceptors (Lipinski definition) is 2. The monoisotopic (exact) mass is 213 g/mol. The zero-order valence-electron chi connectivity index (χ0n) is 11.1. The van der Waals surface area contributed by atoms with Gasteiger partial charge in [0.1, 0.15) is 0 Å². The molecule has 1 unspecified atom stereocenters. The quantitative estimate of drug-likeness (QED) is 0.696. The van der Waals surface area contributed by atoms with E-state index in [1.165, 1.54) is 32.4 Å². The van der Waals surface area contributed by atoms with Crippen LogP contribution >= 0.6 is 0 Å². The predicted molar refractivity (Wildman–Crippen MR) is 65.2 cm³/mol. The molecule has 0 N–H and O–H groups in total. The topological polar surface area (TPSA) is 12.5 Å². The third-order valence-electron chi connectivity index (χ3n) is 3.99. The Bertz CT molecular complexity index is 197. The molecule has 15 heavy (non-hydrogen) atoms. The highest BCUT2D eigenvalue weighted by molar-refractivity contribution is 4.92. The highest BCUT2D eigenvalue weighted by Crippen LogP contribution is 2.33. The van der Waals surface area contributed by atoms with Gasteiger partial charge in [0.2, 0.25) is 0 Å². The second kappa shape index (κ2) is 4.84. The van der Waals surface area contributed by atoms with Gasteiger partial charge >= 0.3 is 0 Å². The lowest BCUT2D eigenvalue weighted by molar-refractivity contribution is -0.0328. The fraction of sp³-hybridized carbons (Fsp3) is 1.00. The van der Waals surface area contributed by atoms with Crippen molar-refractivity contribution in [3.8, 4) is 0 Å². The molecule has 0 aliphatic carbocycles. The van der Waals surface area contributed by atoms with Gasteiger partial charge in [0.15, 0.2) is 0 Å². The lowest BCUT2D eigenvalue weighted by Gasteiger charge is -2.43. The average Bonchev–Trinajstić information content (AvgIpc) is 2.70. The van der Waals surface area contributed by atoms with Crippen molar-refractivity contribution in [2.45, 2.75) is 64.5 Å². The summed E-state index contributed by atoms with van der Waals surface area (Å²) in [6.07, 6.45) is 5.05. The summed E-state index contributed by atoms with van der Waals surface area (Å²) in [6, 6.07) is 0. The van der Waals surface area contributed by atoms with Crippen molar-refractivity contribution in [3.05, 3.63) is 0 Å². The maximum Gasteiger partial charge on any atom is 0.0640 e. The minimum atomic E-state index is -0.00660. The summed E-state index contributed by atoms with van der Waals surface area (Å²) in [6.45, 7) is 11.6. The van der Waals surface area contributed by atoms with Crippen LogP contribution in [0.15, 0.2) is 0 Å². The molecule has 2 heteroatoms. The number of likely N-dealkylation sites (tertiary alicyclic amines) is 1. The standard InChI is InChI=1S/C13H27NO/c1-6-13(4,11-12(2,3)15-5)14-9-7-8-10-14/h6-11H2,1-5H3. The Labute approximate surface area is 95.0 Å². The second-order valence-electron chi connectivity index (χ2n) is 5.69. The largest absolute Gasteiger partial charge is 0.379 e. The first-order chi connectivity index (χ1) is 6.93. The first kappa shape index (κ1) is 13.0. The van der Waals surface area contributed by atoms with E-state index in [0.717, 1.165) is 6.42 Å². The maximum atomic E-state index is 5.57. The van der Waals surface area contributed by atoms with Gasteiger partial charge in [-0.25, -0.2) is 0 Å². The molecular weight excluding hydrogens is 186 g/mol. The molecular formula is C13H27NO. The van der Waals surface area contributed by atoms with Gasteiger partial charge in [0.25, 0.3) is 0 Å². The van der Waals surface area contributed by atoms with Gasteiger partial charge in [-0.1, -0.05) is 6.92 Å². The van der Waals surface area contributed by atoms with E-state index in [1.54, 1.807) is 0 Å². The minimum Gasteiger partial charge on any atom is -0.379 e. The molecule has 0 saturated carbocycles. The van der Waals surface area contributed by atoms with Crippen molar-refractivity contribution < 1.29 is 4.74 Å². The van der Waals surface area contributed by atoms with Gasteiger partial charge < -0.3 is 4.74 Å². The molecule has 0 aromatic heterocycles. The third kappa shape index (κ3) is 3.18. The molecule has 1 aliphatic rings. The van der Waals surface area contributed by atoms with Crippen molar-refractivity contribution >= 4 is 0 Å². The summed E-state index contributed by atoms with van der Waals surface area (Å²) < 4.78 is 5.57. The fourth-order valence-corrected chi connectivity index (χ4v) is 2.71. The van der Waals surface area contributed by atoms with Crippen molar-refractivity contribution in [1.82, 2.24) is 4.90 Å². The summed E-state index contributed by atoms with van der Waals surface area (Å²) in [4.78, 5) is 2.65. The molecule has 1 heterocycles. The van der Waals surface area contributed by atoms with Gasteiger partial charge in [-0.15, -0.1) is 0 Å². The molecule has 0 aromatic carbocycles. The van der Waals surface area contributed by atoms with E-state index in [4.69, 9.17) is 4.74 Å². The first-order valence-corrected chi connectivity index (χ1v) is 6.24. The van der Waals surface area contributed by atoms with E-state index in [1.807, 2.05) is 7.11 Å². The highest BCUT2D eigenvalue weighted by atomic mass is 16.5. The van der Waals surface area contributed by atoms with Crippen LogP contribution in [0.25, 0.3) is 0 Å². The van der Waals surface area contributed by atoms with Crippen LogP contribution in [-0.4, -0.2) is 36.2 Å². The van der Waals surface area contributed by atoms with Gasteiger partial charge in [-0.3, -0.25) is 4.90 Å². The van der Waals surface area contributed by atoms with Crippen molar-refractivity contribution in [1.29, 1.82) is 0 Å². The summed E-state index contributed by atoms with van der Waals surface area (Å²) in [5.41, 5.74) is 0.309. The molecule has 1 fully saturated rings. The fourth-order valence-electron chi connectivity index (χ4n) is 2.71. The van der Waals surface area contributed by atoms with Crippen molar-refractivity contribution in [2.24, 2.45) is 0 Å². The average molecular weight is 213 g/mol. The molecule has 2 nitrogen and oxygen atoms in total. The Kier molecular flexibility index (Phi) is 4.19. The molecule has 1 saturated heterocycles. The van der Waals surface area contributed by atoms with Gasteiger partial charge in [0.05, 0.1) is 5.60 Å². The van der Waals surface area contributed by atoms with Crippen LogP contribution < -0.4 is 0 Å². The van der Waals surface area contributed by atoms with E-state index < -0.39 is 0 Å². The molecule has 0 radical (unpaired) electrons. The third-order valence-corrected chi connectivity index (χ3v) is 3.99. The number of rotatable bonds is 5. The molecule has 1 atom stereocenters. The van der Waals surface area contributed by atoms with E-state index in [0.29, 0.717) is 5.54 Å². The van der Waals surface area contributed by atoms with E-state index >= 15 is 0 Å². The number of nitrogens with zero attached hydrogens (tertiary/aromatic N) is 1. The van der Waals surface area contributed by atoms with E-state index in [2.05, 4.69) is 32.6 Å². The SMILES string of the molecule is CCC(C)(CC(C)(C)OC)N1CCCC1. The molecule has 1 rings (SSSR count). The molecule has 0 bridgehead atoms. The van der Waals surface area contributed by atoms with Crippen LogP contribution in [0.1, 0.15) is 53.4 Å². The second-order valence-corrected chi connectivity index (χ2v) is 5.69. The van der Waals surface area contributed by atoms with Crippen LogP contribution in [0.5, 0.6) is 0 Å². The number of hydrogen-bond donors (Lipinski definition) is 0. The van der Waals surface area contributed by atoms with Gasteiger partial charge in [-0.05, 0) is 59.5 Å².